The average molecular weight is 312 g/mol. The zero-order valence-corrected chi connectivity index (χ0v) is 13.5. The maximum absolute atomic E-state index is 12.7. The molecule has 118 valence electrons. The van der Waals surface area contributed by atoms with Crippen LogP contribution in [0, 0.1) is 0 Å². The number of aromatic nitrogens is 1. The number of likely N-dealkylation sites (tertiary alicyclic amines) is 1. The lowest BCUT2D eigenvalue weighted by Crippen LogP contribution is -2.35. The van der Waals surface area contributed by atoms with Gasteiger partial charge in [0.05, 0.1) is 0 Å². The van der Waals surface area contributed by atoms with Gasteiger partial charge in [-0.1, -0.05) is 11.3 Å². The highest BCUT2D eigenvalue weighted by molar-refractivity contribution is 7.18. The van der Waals surface area contributed by atoms with E-state index in [1.165, 1.54) is 11.3 Å². The first kappa shape index (κ1) is 16.0. The van der Waals surface area contributed by atoms with Crippen molar-refractivity contribution in [2.75, 3.05) is 37.4 Å². The van der Waals surface area contributed by atoms with E-state index in [1.807, 2.05) is 23.8 Å². The van der Waals surface area contributed by atoms with Crippen molar-refractivity contribution in [2.45, 2.75) is 38.6 Å². The summed E-state index contributed by atoms with van der Waals surface area (Å²) in [5.41, 5.74) is 5.93. The molecule has 1 amide bonds. The molecule has 0 aliphatic carbocycles. The van der Waals surface area contributed by atoms with E-state index in [0.29, 0.717) is 10.7 Å². The fourth-order valence-electron chi connectivity index (χ4n) is 2.63. The Bertz CT molecular complexity index is 491. The molecular weight excluding hydrogens is 288 g/mol. The van der Waals surface area contributed by atoms with Crippen LogP contribution >= 0.6 is 11.3 Å². The van der Waals surface area contributed by atoms with Gasteiger partial charge in [-0.3, -0.25) is 4.79 Å². The maximum atomic E-state index is 12.7. The standard InChI is InChI=1S/C14H24N4O2S/c1-3-17(2)14-16-12(15)11(21-14)13(20)18-8-4-6-10(18)7-5-9-19/h10,19H,3-9,15H2,1-2H3. The Morgan fingerprint density at radius 3 is 3.05 bits per heavy atom. The third kappa shape index (κ3) is 3.47. The number of hydrogen-bond acceptors (Lipinski definition) is 6. The molecule has 21 heavy (non-hydrogen) atoms. The Morgan fingerprint density at radius 2 is 2.38 bits per heavy atom. The van der Waals surface area contributed by atoms with Gasteiger partial charge in [-0.15, -0.1) is 0 Å². The molecule has 1 unspecified atom stereocenters. The number of carbonyl (C=O) groups excluding carboxylic acids is 1. The Kier molecular flexibility index (Phi) is 5.41. The van der Waals surface area contributed by atoms with Crippen LogP contribution in [-0.2, 0) is 0 Å². The summed E-state index contributed by atoms with van der Waals surface area (Å²) in [5, 5.41) is 9.75. The van der Waals surface area contributed by atoms with Crippen LogP contribution in [0.4, 0.5) is 10.9 Å². The van der Waals surface area contributed by atoms with E-state index >= 15 is 0 Å². The molecule has 1 fully saturated rings. The van der Waals surface area contributed by atoms with Gasteiger partial charge in [-0.25, -0.2) is 4.98 Å². The Balaban J connectivity index is 2.13. The molecule has 3 N–H and O–H groups in total. The number of nitrogens with zero attached hydrogens (tertiary/aromatic N) is 3. The molecule has 1 saturated heterocycles. The van der Waals surface area contributed by atoms with Gasteiger partial charge >= 0.3 is 0 Å². The zero-order chi connectivity index (χ0) is 15.4. The number of aliphatic hydroxyl groups excluding tert-OH is 1. The molecule has 0 bridgehead atoms. The predicted octanol–water partition coefficient (Wildman–Crippen LogP) is 1.56. The van der Waals surface area contributed by atoms with Gasteiger partial charge < -0.3 is 20.6 Å². The molecule has 7 heteroatoms. The summed E-state index contributed by atoms with van der Waals surface area (Å²) in [7, 11) is 1.94. The van der Waals surface area contributed by atoms with Crippen molar-refractivity contribution in [1.29, 1.82) is 0 Å². The first-order chi connectivity index (χ1) is 10.1. The van der Waals surface area contributed by atoms with Crippen LogP contribution < -0.4 is 10.6 Å². The van der Waals surface area contributed by atoms with Gasteiger partial charge in [0.2, 0.25) is 0 Å². The summed E-state index contributed by atoms with van der Waals surface area (Å²) in [4.78, 5) is 21.4. The van der Waals surface area contributed by atoms with E-state index in [9.17, 15) is 4.79 Å². The Morgan fingerprint density at radius 1 is 1.62 bits per heavy atom. The molecule has 0 aromatic carbocycles. The first-order valence-electron chi connectivity index (χ1n) is 7.47. The number of nitrogen functional groups attached to an aromatic ring is 1. The zero-order valence-electron chi connectivity index (χ0n) is 12.7. The molecule has 1 aromatic rings. The molecule has 1 aromatic heterocycles. The number of rotatable bonds is 6. The third-order valence-electron chi connectivity index (χ3n) is 3.97. The van der Waals surface area contributed by atoms with Gasteiger partial charge in [-0.05, 0) is 32.6 Å². The minimum atomic E-state index is -0.0128. The van der Waals surface area contributed by atoms with E-state index in [1.54, 1.807) is 0 Å². The second kappa shape index (κ2) is 7.09. The molecule has 2 rings (SSSR count). The summed E-state index contributed by atoms with van der Waals surface area (Å²) < 4.78 is 0. The van der Waals surface area contributed by atoms with Gasteiger partial charge in [0.25, 0.3) is 5.91 Å². The van der Waals surface area contributed by atoms with Crippen LogP contribution in [0.15, 0.2) is 0 Å². The molecule has 1 aliphatic heterocycles. The molecule has 0 saturated carbocycles. The number of carbonyl (C=O) groups is 1. The summed E-state index contributed by atoms with van der Waals surface area (Å²) in [6.07, 6.45) is 3.60. The summed E-state index contributed by atoms with van der Waals surface area (Å²) >= 11 is 1.36. The smallest absolute Gasteiger partial charge is 0.268 e. The number of hydrogen-bond donors (Lipinski definition) is 2. The number of amides is 1. The van der Waals surface area contributed by atoms with Crippen LogP contribution in [0.3, 0.4) is 0 Å². The van der Waals surface area contributed by atoms with Crippen molar-refractivity contribution in [1.82, 2.24) is 9.88 Å². The highest BCUT2D eigenvalue weighted by atomic mass is 32.1. The van der Waals surface area contributed by atoms with Crippen LogP contribution in [0.1, 0.15) is 42.3 Å². The monoisotopic (exact) mass is 312 g/mol. The summed E-state index contributed by atoms with van der Waals surface area (Å²) in [6.45, 7) is 3.80. The quantitative estimate of drug-likeness (QED) is 0.833. The second-order valence-electron chi connectivity index (χ2n) is 5.39. The van der Waals surface area contributed by atoms with E-state index in [0.717, 1.165) is 43.9 Å². The number of nitrogens with two attached hydrogens (primary N) is 1. The van der Waals surface area contributed by atoms with Crippen LogP contribution in [-0.4, -0.2) is 53.7 Å². The van der Waals surface area contributed by atoms with Crippen LogP contribution in [0.2, 0.25) is 0 Å². The lowest BCUT2D eigenvalue weighted by molar-refractivity contribution is 0.0730. The fraction of sp³-hybridized carbons (Fsp3) is 0.714. The minimum absolute atomic E-state index is 0.0128. The molecule has 0 spiro atoms. The molecular formula is C14H24N4O2S. The molecule has 1 aliphatic rings. The number of anilines is 2. The van der Waals surface area contributed by atoms with Crippen molar-refractivity contribution in [2.24, 2.45) is 0 Å². The van der Waals surface area contributed by atoms with Crippen molar-refractivity contribution < 1.29 is 9.90 Å². The van der Waals surface area contributed by atoms with Crippen LogP contribution in [0.5, 0.6) is 0 Å². The molecule has 0 radical (unpaired) electrons. The second-order valence-corrected chi connectivity index (χ2v) is 6.36. The molecule has 2 heterocycles. The van der Waals surface area contributed by atoms with E-state index in [-0.39, 0.29) is 18.6 Å². The minimum Gasteiger partial charge on any atom is -0.396 e. The summed E-state index contributed by atoms with van der Waals surface area (Å²) in [5.74, 6) is 0.314. The third-order valence-corrected chi connectivity index (χ3v) is 5.14. The topological polar surface area (TPSA) is 82.7 Å². The Labute approximate surface area is 129 Å². The van der Waals surface area contributed by atoms with E-state index < -0.39 is 0 Å². The van der Waals surface area contributed by atoms with Gasteiger partial charge in [0.15, 0.2) is 5.13 Å². The van der Waals surface area contributed by atoms with Gasteiger partial charge in [0.1, 0.15) is 10.7 Å². The molecule has 6 nitrogen and oxygen atoms in total. The van der Waals surface area contributed by atoms with Gasteiger partial charge in [-0.2, -0.15) is 0 Å². The number of thiazole rings is 1. The fourth-order valence-corrected chi connectivity index (χ4v) is 3.60. The largest absolute Gasteiger partial charge is 0.396 e. The van der Waals surface area contributed by atoms with Crippen molar-refractivity contribution in [3.63, 3.8) is 0 Å². The van der Waals surface area contributed by atoms with Crippen LogP contribution in [0.25, 0.3) is 0 Å². The normalized spacial score (nSPS) is 18.2. The lowest BCUT2D eigenvalue weighted by atomic mass is 10.1. The van der Waals surface area contributed by atoms with Gasteiger partial charge in [0, 0.05) is 32.8 Å². The summed E-state index contributed by atoms with van der Waals surface area (Å²) in [6, 6.07) is 0.221. The van der Waals surface area contributed by atoms with E-state index in [4.69, 9.17) is 10.8 Å². The van der Waals surface area contributed by atoms with E-state index in [2.05, 4.69) is 4.98 Å². The SMILES string of the molecule is CCN(C)c1nc(N)c(C(=O)N2CCCC2CCCO)s1. The van der Waals surface area contributed by atoms with Crippen molar-refractivity contribution >= 4 is 28.2 Å². The predicted molar refractivity (Wildman–Crippen MR) is 85.8 cm³/mol. The average Bonchev–Trinajstić information content (AvgIpc) is 3.10. The number of aliphatic hydroxyl groups is 1. The first-order valence-corrected chi connectivity index (χ1v) is 8.29. The molecule has 1 atom stereocenters. The highest BCUT2D eigenvalue weighted by Gasteiger charge is 2.31. The lowest BCUT2D eigenvalue weighted by Gasteiger charge is -2.24. The van der Waals surface area contributed by atoms with Crippen molar-refractivity contribution in [3.8, 4) is 0 Å². The Hall–Kier alpha value is -1.34. The van der Waals surface area contributed by atoms with Crippen molar-refractivity contribution in [3.05, 3.63) is 4.88 Å². The highest BCUT2D eigenvalue weighted by Crippen LogP contribution is 2.31. The maximum Gasteiger partial charge on any atom is 0.268 e.